The van der Waals surface area contributed by atoms with Gasteiger partial charge in [-0.25, -0.2) is 4.98 Å². The van der Waals surface area contributed by atoms with Crippen molar-refractivity contribution in [2.75, 3.05) is 4.90 Å². The number of hydrogen-bond donors (Lipinski definition) is 0. The maximum Gasteiger partial charge on any atom is 0.212 e. The molecule has 0 unspecified atom stereocenters. The van der Waals surface area contributed by atoms with Crippen molar-refractivity contribution in [3.63, 3.8) is 0 Å². The Hall–Kier alpha value is -6.39. The van der Waals surface area contributed by atoms with Gasteiger partial charge in [-0.1, -0.05) is 127 Å². The largest absolute Gasteiger partial charge is 0.309 e. The first kappa shape index (κ1) is 31.2. The van der Waals surface area contributed by atoms with Gasteiger partial charge in [-0.2, -0.15) is 0 Å². The van der Waals surface area contributed by atoms with Gasteiger partial charge >= 0.3 is 0 Å². The molecule has 0 bridgehead atoms. The molecular formula is C50H40N4. The first-order valence-corrected chi connectivity index (χ1v) is 19.0. The number of aromatic nitrogens is 3. The second kappa shape index (κ2) is 10.8. The zero-order chi connectivity index (χ0) is 36.4. The Morgan fingerprint density at radius 3 is 1.78 bits per heavy atom. The summed E-state index contributed by atoms with van der Waals surface area (Å²) in [6.45, 7) is 9.49. The molecule has 3 heterocycles. The van der Waals surface area contributed by atoms with Crippen molar-refractivity contribution in [1.82, 2.24) is 14.1 Å². The van der Waals surface area contributed by atoms with E-state index in [1.165, 1.54) is 55.2 Å². The SMILES string of the molecule is CC1(C)N(c2ccc3c(c2)c2ccccc2n3-c2ccccc2)c2nc3c4c(ccc3n2C1(C)C)-c1ccccc1C4(c1ccccc1)c1ccccc1. The Labute approximate surface area is 315 Å². The van der Waals surface area contributed by atoms with Crippen molar-refractivity contribution in [2.24, 2.45) is 0 Å². The van der Waals surface area contributed by atoms with Crippen LogP contribution < -0.4 is 4.90 Å². The number of rotatable bonds is 4. The van der Waals surface area contributed by atoms with E-state index in [-0.39, 0.29) is 11.1 Å². The summed E-state index contributed by atoms with van der Waals surface area (Å²) in [6, 6.07) is 62.2. The quantitative estimate of drug-likeness (QED) is 0.183. The molecule has 0 saturated carbocycles. The summed E-state index contributed by atoms with van der Waals surface area (Å²) in [4.78, 5) is 8.32. The van der Waals surface area contributed by atoms with Gasteiger partial charge in [0.05, 0.1) is 38.6 Å². The maximum atomic E-state index is 5.82. The Kier molecular flexibility index (Phi) is 6.25. The molecule has 0 atom stereocenters. The van der Waals surface area contributed by atoms with Crippen LogP contribution in [0.15, 0.2) is 170 Å². The topological polar surface area (TPSA) is 26.0 Å². The second-order valence-corrected chi connectivity index (χ2v) is 16.0. The van der Waals surface area contributed by atoms with E-state index >= 15 is 0 Å². The van der Waals surface area contributed by atoms with E-state index < -0.39 is 5.41 Å². The zero-order valence-corrected chi connectivity index (χ0v) is 31.0. The Bertz CT molecular complexity index is 2890. The van der Waals surface area contributed by atoms with Crippen molar-refractivity contribution in [1.29, 1.82) is 0 Å². The van der Waals surface area contributed by atoms with Crippen LogP contribution in [0.5, 0.6) is 0 Å². The lowest BCUT2D eigenvalue weighted by Crippen LogP contribution is -2.50. The van der Waals surface area contributed by atoms with Gasteiger partial charge in [0.15, 0.2) is 0 Å². The van der Waals surface area contributed by atoms with E-state index in [0.29, 0.717) is 0 Å². The predicted octanol–water partition coefficient (Wildman–Crippen LogP) is 12.2. The molecule has 0 fully saturated rings. The number of fused-ring (bicyclic) bond motifs is 10. The predicted molar refractivity (Wildman–Crippen MR) is 223 cm³/mol. The highest BCUT2D eigenvalue weighted by molar-refractivity contribution is 6.10. The lowest BCUT2D eigenvalue weighted by Gasteiger charge is -2.42. The highest BCUT2D eigenvalue weighted by Crippen LogP contribution is 2.60. The van der Waals surface area contributed by atoms with Gasteiger partial charge in [0.2, 0.25) is 5.95 Å². The molecule has 0 spiro atoms. The molecule has 9 aromatic rings. The monoisotopic (exact) mass is 696 g/mol. The van der Waals surface area contributed by atoms with Crippen LogP contribution in [-0.2, 0) is 11.0 Å². The number of benzene rings is 7. The third-order valence-electron chi connectivity index (χ3n) is 13.0. The molecule has 54 heavy (non-hydrogen) atoms. The second-order valence-electron chi connectivity index (χ2n) is 16.0. The van der Waals surface area contributed by atoms with E-state index in [9.17, 15) is 0 Å². The molecule has 1 aliphatic heterocycles. The Balaban J connectivity index is 1.20. The average Bonchev–Trinajstić information content (AvgIpc) is 3.89. The molecule has 1 aliphatic carbocycles. The van der Waals surface area contributed by atoms with E-state index in [1.807, 2.05) is 0 Å². The van der Waals surface area contributed by atoms with E-state index in [2.05, 4.69) is 212 Å². The van der Waals surface area contributed by atoms with Crippen LogP contribution in [0.3, 0.4) is 0 Å². The lowest BCUT2D eigenvalue weighted by molar-refractivity contribution is 0.253. The number of para-hydroxylation sites is 2. The molecule has 2 aromatic heterocycles. The smallest absolute Gasteiger partial charge is 0.212 e. The van der Waals surface area contributed by atoms with E-state index in [1.54, 1.807) is 0 Å². The van der Waals surface area contributed by atoms with Crippen LogP contribution >= 0.6 is 0 Å². The van der Waals surface area contributed by atoms with Crippen LogP contribution in [0.1, 0.15) is 49.9 Å². The lowest BCUT2D eigenvalue weighted by atomic mass is 9.67. The average molecular weight is 697 g/mol. The highest BCUT2D eigenvalue weighted by Gasteiger charge is 2.55. The minimum Gasteiger partial charge on any atom is -0.309 e. The van der Waals surface area contributed by atoms with Gasteiger partial charge < -0.3 is 14.0 Å². The molecule has 0 amide bonds. The van der Waals surface area contributed by atoms with Gasteiger partial charge in [-0.15, -0.1) is 0 Å². The minimum atomic E-state index is -0.535. The summed E-state index contributed by atoms with van der Waals surface area (Å²) < 4.78 is 4.90. The first-order valence-electron chi connectivity index (χ1n) is 19.0. The third-order valence-corrected chi connectivity index (χ3v) is 13.0. The van der Waals surface area contributed by atoms with Gasteiger partial charge in [0.25, 0.3) is 0 Å². The van der Waals surface area contributed by atoms with Crippen LogP contribution in [0.4, 0.5) is 11.6 Å². The van der Waals surface area contributed by atoms with Crippen molar-refractivity contribution in [3.8, 4) is 16.8 Å². The molecule has 4 nitrogen and oxygen atoms in total. The van der Waals surface area contributed by atoms with Crippen LogP contribution in [0.25, 0.3) is 49.7 Å². The fourth-order valence-electron chi connectivity index (χ4n) is 9.95. The standard InChI is InChI=1S/C50H40N4/c1-48(2)49(3,4)54-44-31-29-39-37-24-14-16-26-41(37)50(33-18-8-5-9-19-33,34-20-10-6-11-21-34)45(39)46(44)51-47(54)53(48)36-28-30-43-40(32-36)38-25-15-17-27-42(38)52(43)35-22-12-7-13-23-35/h5-32H,1-4H3. The highest BCUT2D eigenvalue weighted by atomic mass is 15.4. The minimum absolute atomic E-state index is 0.299. The number of hydrogen-bond acceptors (Lipinski definition) is 2. The molecule has 7 aromatic carbocycles. The molecular weight excluding hydrogens is 657 g/mol. The van der Waals surface area contributed by atoms with Crippen LogP contribution in [0.2, 0.25) is 0 Å². The van der Waals surface area contributed by atoms with Crippen LogP contribution in [-0.4, -0.2) is 19.7 Å². The molecule has 0 N–H and O–H groups in total. The number of anilines is 2. The molecule has 0 radical (unpaired) electrons. The van der Waals surface area contributed by atoms with Crippen molar-refractivity contribution >= 4 is 44.5 Å². The molecule has 260 valence electrons. The molecule has 2 aliphatic rings. The number of imidazole rings is 1. The summed E-state index contributed by atoms with van der Waals surface area (Å²) in [5.41, 5.74) is 13.4. The third kappa shape index (κ3) is 3.80. The van der Waals surface area contributed by atoms with E-state index in [0.717, 1.165) is 28.4 Å². The first-order chi connectivity index (χ1) is 26.3. The summed E-state index contributed by atoms with van der Waals surface area (Å²) in [5.74, 6) is 0.977. The van der Waals surface area contributed by atoms with Gasteiger partial charge in [0.1, 0.15) is 0 Å². The zero-order valence-electron chi connectivity index (χ0n) is 31.0. The molecule has 0 saturated heterocycles. The number of nitrogens with zero attached hydrogens (tertiary/aromatic N) is 4. The summed E-state index contributed by atoms with van der Waals surface area (Å²) in [6.07, 6.45) is 0. The summed E-state index contributed by atoms with van der Waals surface area (Å²) >= 11 is 0. The van der Waals surface area contributed by atoms with Crippen LogP contribution in [0, 0.1) is 0 Å². The van der Waals surface area contributed by atoms with Gasteiger partial charge in [-0.05, 0) is 98.0 Å². The van der Waals surface area contributed by atoms with Gasteiger partial charge in [-0.3, -0.25) is 0 Å². The van der Waals surface area contributed by atoms with Crippen molar-refractivity contribution < 1.29 is 0 Å². The van der Waals surface area contributed by atoms with Gasteiger partial charge in [0, 0.05) is 27.7 Å². The Morgan fingerprint density at radius 2 is 1.06 bits per heavy atom. The fraction of sp³-hybridized carbons (Fsp3) is 0.140. The van der Waals surface area contributed by atoms with E-state index in [4.69, 9.17) is 4.98 Å². The van der Waals surface area contributed by atoms with Crippen molar-refractivity contribution in [3.05, 3.63) is 192 Å². The fourth-order valence-corrected chi connectivity index (χ4v) is 9.95. The normalized spacial score (nSPS) is 16.2. The summed E-state index contributed by atoms with van der Waals surface area (Å²) in [7, 11) is 0. The molecule has 4 heteroatoms. The summed E-state index contributed by atoms with van der Waals surface area (Å²) in [5, 5.41) is 2.48. The Morgan fingerprint density at radius 1 is 0.463 bits per heavy atom. The van der Waals surface area contributed by atoms with Crippen molar-refractivity contribution in [2.45, 2.75) is 44.2 Å². The molecule has 11 rings (SSSR count). The maximum absolute atomic E-state index is 5.82.